The van der Waals surface area contributed by atoms with Crippen LogP contribution in [0.1, 0.15) is 35.7 Å². The molecule has 0 aromatic heterocycles. The average Bonchev–Trinajstić information content (AvgIpc) is 2.44. The fourth-order valence-corrected chi connectivity index (χ4v) is 2.63. The van der Waals surface area contributed by atoms with Gasteiger partial charge < -0.3 is 10.2 Å². The van der Waals surface area contributed by atoms with Crippen molar-refractivity contribution in [2.24, 2.45) is 0 Å². The normalized spacial score (nSPS) is 18.7. The zero-order chi connectivity index (χ0) is 17.2. The summed E-state index contributed by atoms with van der Waals surface area (Å²) < 4.78 is 51.2. The highest BCUT2D eigenvalue weighted by Crippen LogP contribution is 2.31. The average molecular weight is 332 g/mol. The van der Waals surface area contributed by atoms with Gasteiger partial charge in [-0.2, -0.15) is 13.2 Å². The summed E-state index contributed by atoms with van der Waals surface area (Å²) in [4.78, 5) is 24.8. The monoisotopic (exact) mass is 332 g/mol. The fourth-order valence-electron chi connectivity index (χ4n) is 2.63. The molecule has 4 nitrogen and oxygen atoms in total. The first-order chi connectivity index (χ1) is 10.7. The second-order valence-corrected chi connectivity index (χ2v) is 5.48. The minimum absolute atomic E-state index is 0.140. The Labute approximate surface area is 130 Å². The van der Waals surface area contributed by atoms with Crippen molar-refractivity contribution in [3.05, 3.63) is 35.1 Å². The highest BCUT2D eigenvalue weighted by Gasteiger charge is 2.34. The van der Waals surface area contributed by atoms with Gasteiger partial charge in [0, 0.05) is 31.6 Å². The maximum atomic E-state index is 13.6. The molecule has 1 N–H and O–H groups in total. The molecule has 2 amide bonds. The van der Waals surface area contributed by atoms with Crippen molar-refractivity contribution in [1.29, 1.82) is 0 Å². The lowest BCUT2D eigenvalue weighted by Crippen LogP contribution is -2.49. The van der Waals surface area contributed by atoms with Crippen LogP contribution in [-0.2, 0) is 11.0 Å². The third kappa shape index (κ3) is 4.20. The predicted molar refractivity (Wildman–Crippen MR) is 74.1 cm³/mol. The van der Waals surface area contributed by atoms with Gasteiger partial charge in [-0.1, -0.05) is 0 Å². The van der Waals surface area contributed by atoms with Crippen LogP contribution < -0.4 is 5.32 Å². The van der Waals surface area contributed by atoms with Gasteiger partial charge in [0.1, 0.15) is 5.82 Å². The Morgan fingerprint density at radius 3 is 2.57 bits per heavy atom. The Bertz CT molecular complexity index is 616. The van der Waals surface area contributed by atoms with Gasteiger partial charge in [-0.3, -0.25) is 9.59 Å². The number of likely N-dealkylation sites (tertiary alicyclic amines) is 1. The summed E-state index contributed by atoms with van der Waals surface area (Å²) >= 11 is 0. The van der Waals surface area contributed by atoms with Crippen LogP contribution in [-0.4, -0.2) is 35.8 Å². The standard InChI is InChI=1S/C15H16F4N2O2/c1-9(22)20-11-3-2-6-21(8-11)14(23)10-4-5-12(13(16)7-10)15(17,18)19/h4-5,7,11H,2-3,6,8H2,1H3,(H,20,22)/t11-/m1/s1. The number of alkyl halides is 3. The number of hydrogen-bond acceptors (Lipinski definition) is 2. The van der Waals surface area contributed by atoms with Crippen LogP contribution in [0.2, 0.25) is 0 Å². The molecule has 0 radical (unpaired) electrons. The van der Waals surface area contributed by atoms with E-state index in [-0.39, 0.29) is 24.1 Å². The van der Waals surface area contributed by atoms with Crippen molar-refractivity contribution in [2.75, 3.05) is 13.1 Å². The molecule has 1 aliphatic rings. The largest absolute Gasteiger partial charge is 0.419 e. The first kappa shape index (κ1) is 17.2. The zero-order valence-electron chi connectivity index (χ0n) is 12.4. The Kier molecular flexibility index (Phi) is 4.91. The first-order valence-corrected chi connectivity index (χ1v) is 7.11. The van der Waals surface area contributed by atoms with Crippen LogP contribution in [0.15, 0.2) is 18.2 Å². The summed E-state index contributed by atoms with van der Waals surface area (Å²) in [6, 6.07) is 1.94. The van der Waals surface area contributed by atoms with Crippen LogP contribution in [0.25, 0.3) is 0 Å². The van der Waals surface area contributed by atoms with Gasteiger partial charge in [0.2, 0.25) is 5.91 Å². The van der Waals surface area contributed by atoms with Crippen molar-refractivity contribution >= 4 is 11.8 Å². The molecule has 1 aromatic rings. The van der Waals surface area contributed by atoms with E-state index in [1.807, 2.05) is 0 Å². The number of carbonyl (C=O) groups is 2. The van der Waals surface area contributed by atoms with E-state index >= 15 is 0 Å². The second kappa shape index (κ2) is 6.55. The van der Waals surface area contributed by atoms with Gasteiger partial charge in [-0.05, 0) is 31.0 Å². The number of nitrogens with one attached hydrogen (secondary N) is 1. The van der Waals surface area contributed by atoms with Crippen LogP contribution in [0, 0.1) is 5.82 Å². The molecule has 126 valence electrons. The minimum Gasteiger partial charge on any atom is -0.352 e. The van der Waals surface area contributed by atoms with Gasteiger partial charge in [0.25, 0.3) is 5.91 Å². The molecule has 1 fully saturated rings. The molecule has 1 aliphatic heterocycles. The quantitative estimate of drug-likeness (QED) is 0.847. The molecule has 1 aromatic carbocycles. The highest BCUT2D eigenvalue weighted by molar-refractivity contribution is 5.94. The van der Waals surface area contributed by atoms with E-state index in [4.69, 9.17) is 0 Å². The summed E-state index contributed by atoms with van der Waals surface area (Å²) in [5.41, 5.74) is -1.54. The molecule has 0 saturated carbocycles. The third-order valence-corrected chi connectivity index (χ3v) is 3.64. The van der Waals surface area contributed by atoms with Crippen LogP contribution in [0.5, 0.6) is 0 Å². The van der Waals surface area contributed by atoms with Gasteiger partial charge >= 0.3 is 6.18 Å². The lowest BCUT2D eigenvalue weighted by molar-refractivity contribution is -0.140. The number of amides is 2. The molecule has 0 spiro atoms. The molecule has 2 rings (SSSR count). The fraction of sp³-hybridized carbons (Fsp3) is 0.467. The maximum absolute atomic E-state index is 13.6. The molecule has 0 bridgehead atoms. The molecule has 0 aliphatic carbocycles. The van der Waals surface area contributed by atoms with Gasteiger partial charge in [-0.15, -0.1) is 0 Å². The molecule has 23 heavy (non-hydrogen) atoms. The van der Waals surface area contributed by atoms with E-state index in [9.17, 15) is 27.2 Å². The van der Waals surface area contributed by atoms with Gasteiger partial charge in [0.05, 0.1) is 5.56 Å². The first-order valence-electron chi connectivity index (χ1n) is 7.11. The van der Waals surface area contributed by atoms with E-state index in [1.54, 1.807) is 0 Å². The van der Waals surface area contributed by atoms with E-state index < -0.39 is 23.5 Å². The van der Waals surface area contributed by atoms with E-state index in [0.29, 0.717) is 31.5 Å². The number of nitrogens with zero attached hydrogens (tertiary/aromatic N) is 1. The Hall–Kier alpha value is -2.12. The van der Waals surface area contributed by atoms with Crippen molar-refractivity contribution in [3.63, 3.8) is 0 Å². The molecule has 1 heterocycles. The zero-order valence-corrected chi connectivity index (χ0v) is 12.4. The predicted octanol–water partition coefficient (Wildman–Crippen LogP) is 2.59. The van der Waals surface area contributed by atoms with Crippen LogP contribution >= 0.6 is 0 Å². The van der Waals surface area contributed by atoms with Crippen molar-refractivity contribution in [2.45, 2.75) is 32.0 Å². The SMILES string of the molecule is CC(=O)N[C@@H]1CCCN(C(=O)c2ccc(C(F)(F)F)c(F)c2)C1. The molecular weight excluding hydrogens is 316 g/mol. The van der Waals surface area contributed by atoms with Crippen molar-refractivity contribution < 1.29 is 27.2 Å². The topological polar surface area (TPSA) is 49.4 Å². The van der Waals surface area contributed by atoms with Gasteiger partial charge in [-0.25, -0.2) is 4.39 Å². The highest BCUT2D eigenvalue weighted by atomic mass is 19.4. The van der Waals surface area contributed by atoms with Crippen LogP contribution in [0.4, 0.5) is 17.6 Å². The van der Waals surface area contributed by atoms with Gasteiger partial charge in [0.15, 0.2) is 0 Å². The minimum atomic E-state index is -4.80. The smallest absolute Gasteiger partial charge is 0.352 e. The summed E-state index contributed by atoms with van der Waals surface area (Å²) in [5.74, 6) is -2.24. The lowest BCUT2D eigenvalue weighted by Gasteiger charge is -2.33. The third-order valence-electron chi connectivity index (χ3n) is 3.64. The van der Waals surface area contributed by atoms with Crippen molar-refractivity contribution in [1.82, 2.24) is 10.2 Å². The number of carbonyl (C=O) groups excluding carboxylic acids is 2. The maximum Gasteiger partial charge on any atom is 0.419 e. The van der Waals surface area contributed by atoms with E-state index in [2.05, 4.69) is 5.32 Å². The molecule has 0 unspecified atom stereocenters. The molecular formula is C15H16F4N2O2. The Morgan fingerprint density at radius 1 is 1.30 bits per heavy atom. The summed E-state index contributed by atoms with van der Waals surface area (Å²) in [7, 11) is 0. The molecule has 8 heteroatoms. The number of piperidine rings is 1. The lowest BCUT2D eigenvalue weighted by atomic mass is 10.0. The Morgan fingerprint density at radius 2 is 2.00 bits per heavy atom. The van der Waals surface area contributed by atoms with E-state index in [0.717, 1.165) is 6.07 Å². The number of rotatable bonds is 2. The number of hydrogen-bond donors (Lipinski definition) is 1. The second-order valence-electron chi connectivity index (χ2n) is 5.48. The Balaban J connectivity index is 2.14. The number of benzene rings is 1. The number of halogens is 4. The summed E-state index contributed by atoms with van der Waals surface area (Å²) in [6.45, 7) is 2.03. The molecule has 1 atom stereocenters. The molecule has 1 saturated heterocycles. The van der Waals surface area contributed by atoms with E-state index in [1.165, 1.54) is 11.8 Å². The summed E-state index contributed by atoms with van der Waals surface area (Å²) in [5, 5.41) is 2.70. The van der Waals surface area contributed by atoms with Crippen molar-refractivity contribution in [3.8, 4) is 0 Å². The van der Waals surface area contributed by atoms with Crippen LogP contribution in [0.3, 0.4) is 0 Å². The summed E-state index contributed by atoms with van der Waals surface area (Å²) in [6.07, 6.45) is -3.43.